The van der Waals surface area contributed by atoms with Gasteiger partial charge < -0.3 is 10.6 Å². The Morgan fingerprint density at radius 2 is 2.17 bits per heavy atom. The lowest BCUT2D eigenvalue weighted by molar-refractivity contribution is 0.376. The Hall–Kier alpha value is -1.16. The summed E-state index contributed by atoms with van der Waals surface area (Å²) in [5.41, 5.74) is 0.936. The summed E-state index contributed by atoms with van der Waals surface area (Å²) in [6.45, 7) is 1.16. The van der Waals surface area contributed by atoms with Gasteiger partial charge in [-0.1, -0.05) is 6.42 Å². The Balaban J connectivity index is 1.65. The molecule has 1 aromatic heterocycles. The molecule has 4 heteroatoms. The predicted molar refractivity (Wildman–Crippen MR) is 70.0 cm³/mol. The Labute approximate surface area is 107 Å². The largest absolute Gasteiger partial charge is 0.381 e. The molecule has 2 N–H and O–H groups in total. The maximum atomic E-state index is 12.8. The van der Waals surface area contributed by atoms with Crippen molar-refractivity contribution in [2.24, 2.45) is 5.92 Å². The van der Waals surface area contributed by atoms with Crippen LogP contribution >= 0.6 is 0 Å². The molecule has 0 spiro atoms. The van der Waals surface area contributed by atoms with E-state index in [9.17, 15) is 4.39 Å². The molecule has 0 bridgehead atoms. The van der Waals surface area contributed by atoms with Crippen LogP contribution < -0.4 is 10.6 Å². The van der Waals surface area contributed by atoms with E-state index in [1.54, 1.807) is 12.3 Å². The Morgan fingerprint density at radius 1 is 1.22 bits per heavy atom. The van der Waals surface area contributed by atoms with Crippen molar-refractivity contribution in [2.45, 2.75) is 44.2 Å². The molecule has 2 aliphatic rings. The van der Waals surface area contributed by atoms with E-state index in [0.717, 1.165) is 12.2 Å². The number of anilines is 1. The van der Waals surface area contributed by atoms with Crippen LogP contribution in [0, 0.1) is 11.9 Å². The third kappa shape index (κ3) is 2.48. The highest BCUT2D eigenvalue weighted by Crippen LogP contribution is 2.33. The standard InChI is InChI=1S/C14H20FN3/c15-14-7-6-10(9-17-14)18-13-4-1-3-11(13)12-5-2-8-16-12/h6-7,9,11-13,16,18H,1-5,8H2. The maximum absolute atomic E-state index is 12.8. The number of hydrogen-bond donors (Lipinski definition) is 2. The summed E-state index contributed by atoms with van der Waals surface area (Å²) in [4.78, 5) is 3.70. The van der Waals surface area contributed by atoms with Gasteiger partial charge >= 0.3 is 0 Å². The zero-order valence-corrected chi connectivity index (χ0v) is 10.5. The first-order chi connectivity index (χ1) is 8.83. The summed E-state index contributed by atoms with van der Waals surface area (Å²) in [5, 5.41) is 7.13. The minimum atomic E-state index is -0.416. The molecule has 2 fully saturated rings. The molecule has 1 aromatic rings. The lowest BCUT2D eigenvalue weighted by Gasteiger charge is -2.27. The van der Waals surface area contributed by atoms with E-state index < -0.39 is 5.95 Å². The summed E-state index contributed by atoms with van der Waals surface area (Å²) in [7, 11) is 0. The third-order valence-electron chi connectivity index (χ3n) is 4.26. The van der Waals surface area contributed by atoms with Gasteiger partial charge in [-0.05, 0) is 50.3 Å². The van der Waals surface area contributed by atoms with Crippen LogP contribution in [0.4, 0.5) is 10.1 Å². The van der Waals surface area contributed by atoms with Crippen LogP contribution in [0.3, 0.4) is 0 Å². The summed E-state index contributed by atoms with van der Waals surface area (Å²) in [6.07, 6.45) is 7.97. The first kappa shape index (κ1) is 11.9. The van der Waals surface area contributed by atoms with E-state index in [4.69, 9.17) is 0 Å². The number of rotatable bonds is 3. The molecular formula is C14H20FN3. The van der Waals surface area contributed by atoms with Crippen molar-refractivity contribution >= 4 is 5.69 Å². The second-order valence-electron chi connectivity index (χ2n) is 5.42. The number of halogens is 1. The van der Waals surface area contributed by atoms with Crippen LogP contribution in [0.25, 0.3) is 0 Å². The molecule has 3 nitrogen and oxygen atoms in total. The maximum Gasteiger partial charge on any atom is 0.212 e. The quantitative estimate of drug-likeness (QED) is 0.808. The number of pyridine rings is 1. The molecule has 1 saturated carbocycles. The van der Waals surface area contributed by atoms with E-state index >= 15 is 0 Å². The Morgan fingerprint density at radius 3 is 2.89 bits per heavy atom. The average Bonchev–Trinajstić information content (AvgIpc) is 3.02. The fourth-order valence-electron chi connectivity index (χ4n) is 3.40. The summed E-state index contributed by atoms with van der Waals surface area (Å²) in [5.74, 6) is 0.290. The number of nitrogens with zero attached hydrogens (tertiary/aromatic N) is 1. The first-order valence-corrected chi connectivity index (χ1v) is 6.94. The molecule has 0 aromatic carbocycles. The number of nitrogens with one attached hydrogen (secondary N) is 2. The Bertz CT molecular complexity index is 387. The second-order valence-corrected chi connectivity index (χ2v) is 5.42. The summed E-state index contributed by atoms with van der Waals surface area (Å²) in [6, 6.07) is 4.37. The molecule has 98 valence electrons. The van der Waals surface area contributed by atoms with Gasteiger partial charge in [0, 0.05) is 12.1 Å². The summed E-state index contributed by atoms with van der Waals surface area (Å²) < 4.78 is 12.8. The van der Waals surface area contributed by atoms with E-state index in [0.29, 0.717) is 18.0 Å². The fraction of sp³-hybridized carbons (Fsp3) is 0.643. The van der Waals surface area contributed by atoms with Crippen molar-refractivity contribution < 1.29 is 4.39 Å². The van der Waals surface area contributed by atoms with Crippen LogP contribution in [0.1, 0.15) is 32.1 Å². The van der Waals surface area contributed by atoms with Crippen molar-refractivity contribution in [3.05, 3.63) is 24.3 Å². The lowest BCUT2D eigenvalue weighted by atomic mass is 9.93. The normalized spacial score (nSPS) is 31.7. The number of hydrogen-bond acceptors (Lipinski definition) is 3. The smallest absolute Gasteiger partial charge is 0.212 e. The van der Waals surface area contributed by atoms with Crippen LogP contribution in [-0.2, 0) is 0 Å². The first-order valence-electron chi connectivity index (χ1n) is 6.94. The van der Waals surface area contributed by atoms with Crippen molar-refractivity contribution in [3.63, 3.8) is 0 Å². The van der Waals surface area contributed by atoms with Gasteiger partial charge in [0.1, 0.15) is 0 Å². The molecule has 0 amide bonds. The predicted octanol–water partition coefficient (Wildman–Crippen LogP) is 2.55. The molecule has 1 aliphatic carbocycles. The highest BCUT2D eigenvalue weighted by Gasteiger charge is 2.34. The SMILES string of the molecule is Fc1ccc(NC2CCCC2C2CCCN2)cn1. The molecule has 3 unspecified atom stereocenters. The van der Waals surface area contributed by atoms with Gasteiger partial charge in [0.25, 0.3) is 0 Å². The zero-order chi connectivity index (χ0) is 12.4. The lowest BCUT2D eigenvalue weighted by Crippen LogP contribution is -2.38. The van der Waals surface area contributed by atoms with Crippen molar-refractivity contribution in [1.82, 2.24) is 10.3 Å². The van der Waals surface area contributed by atoms with E-state index in [-0.39, 0.29) is 0 Å². The monoisotopic (exact) mass is 249 g/mol. The van der Waals surface area contributed by atoms with E-state index in [1.807, 2.05) is 0 Å². The van der Waals surface area contributed by atoms with Crippen molar-refractivity contribution in [2.75, 3.05) is 11.9 Å². The topological polar surface area (TPSA) is 37.0 Å². The highest BCUT2D eigenvalue weighted by atomic mass is 19.1. The van der Waals surface area contributed by atoms with Gasteiger partial charge in [-0.15, -0.1) is 0 Å². The van der Waals surface area contributed by atoms with E-state index in [2.05, 4.69) is 15.6 Å². The molecule has 3 atom stereocenters. The van der Waals surface area contributed by atoms with Crippen molar-refractivity contribution in [1.29, 1.82) is 0 Å². The molecule has 1 saturated heterocycles. The van der Waals surface area contributed by atoms with Gasteiger partial charge in [0.15, 0.2) is 0 Å². The molecule has 18 heavy (non-hydrogen) atoms. The van der Waals surface area contributed by atoms with Gasteiger partial charge in [-0.2, -0.15) is 4.39 Å². The molecule has 1 aliphatic heterocycles. The van der Waals surface area contributed by atoms with Crippen molar-refractivity contribution in [3.8, 4) is 0 Å². The second kappa shape index (κ2) is 5.22. The highest BCUT2D eigenvalue weighted by molar-refractivity contribution is 5.41. The average molecular weight is 249 g/mol. The molecule has 3 rings (SSSR count). The minimum Gasteiger partial charge on any atom is -0.381 e. The zero-order valence-electron chi connectivity index (χ0n) is 10.5. The van der Waals surface area contributed by atoms with Gasteiger partial charge in [-0.3, -0.25) is 0 Å². The van der Waals surface area contributed by atoms with Crippen LogP contribution in [0.2, 0.25) is 0 Å². The van der Waals surface area contributed by atoms with Crippen LogP contribution in [-0.4, -0.2) is 23.6 Å². The van der Waals surface area contributed by atoms with Crippen LogP contribution in [0.15, 0.2) is 18.3 Å². The van der Waals surface area contributed by atoms with E-state index in [1.165, 1.54) is 38.2 Å². The molecule has 2 heterocycles. The fourth-order valence-corrected chi connectivity index (χ4v) is 3.40. The van der Waals surface area contributed by atoms with Gasteiger partial charge in [0.05, 0.1) is 11.9 Å². The molecular weight excluding hydrogens is 229 g/mol. The minimum absolute atomic E-state index is 0.416. The van der Waals surface area contributed by atoms with Gasteiger partial charge in [0.2, 0.25) is 5.95 Å². The van der Waals surface area contributed by atoms with Crippen LogP contribution in [0.5, 0.6) is 0 Å². The summed E-state index contributed by atoms with van der Waals surface area (Å²) >= 11 is 0. The Kier molecular flexibility index (Phi) is 3.46. The molecule has 0 radical (unpaired) electrons. The number of aromatic nitrogens is 1. The third-order valence-corrected chi connectivity index (χ3v) is 4.26. The van der Waals surface area contributed by atoms with Gasteiger partial charge in [-0.25, -0.2) is 4.98 Å².